The molecule has 5 atom stereocenters. The van der Waals surface area contributed by atoms with Gasteiger partial charge in [-0.05, 0) is 36.8 Å². The molecule has 0 aliphatic carbocycles. The third-order valence-electron chi connectivity index (χ3n) is 5.30. The maximum atomic E-state index is 10.9. The number of aliphatic hydroxyl groups is 5. The fourth-order valence-electron chi connectivity index (χ4n) is 3.60. The molecule has 1 aromatic heterocycles. The van der Waals surface area contributed by atoms with Crippen LogP contribution in [0.15, 0.2) is 42.5 Å². The topological polar surface area (TPSA) is 160 Å². The molecule has 5 N–H and O–H groups in total. The van der Waals surface area contributed by atoms with Crippen LogP contribution >= 0.6 is 0 Å². The van der Waals surface area contributed by atoms with Gasteiger partial charge in [0, 0.05) is 0 Å². The SMILES string of the molecule is CCOc1ccc(Cn2nnc3cccc(O[C@]4(O)[C@H](O)O[C@H](CO)[C@@H](O)[C@@H]4O)c32)cc1. The molecule has 4 rings (SSSR count). The molecule has 1 fully saturated rings. The number of aliphatic hydroxyl groups excluding tert-OH is 4. The fraction of sp³-hybridized carbons (Fsp3) is 0.429. The number of benzene rings is 2. The molecule has 2 heterocycles. The van der Waals surface area contributed by atoms with Crippen LogP contribution in [0, 0.1) is 0 Å². The van der Waals surface area contributed by atoms with Gasteiger partial charge < -0.3 is 39.7 Å². The molecule has 0 saturated carbocycles. The van der Waals surface area contributed by atoms with E-state index in [-0.39, 0.29) is 5.75 Å². The summed E-state index contributed by atoms with van der Waals surface area (Å²) < 4.78 is 17.6. The summed E-state index contributed by atoms with van der Waals surface area (Å²) in [4.78, 5) is 0. The minimum Gasteiger partial charge on any atom is -0.494 e. The van der Waals surface area contributed by atoms with E-state index in [1.807, 2.05) is 31.2 Å². The van der Waals surface area contributed by atoms with Crippen molar-refractivity contribution in [2.24, 2.45) is 0 Å². The quantitative estimate of drug-likeness (QED) is 0.295. The second-order valence-corrected chi connectivity index (χ2v) is 7.45. The minimum atomic E-state index is -2.70. The van der Waals surface area contributed by atoms with Crippen molar-refractivity contribution in [3.05, 3.63) is 48.0 Å². The zero-order valence-electron chi connectivity index (χ0n) is 17.3. The Balaban J connectivity index is 1.64. The van der Waals surface area contributed by atoms with E-state index in [0.717, 1.165) is 11.3 Å². The Labute approximate surface area is 183 Å². The van der Waals surface area contributed by atoms with Crippen molar-refractivity contribution in [1.29, 1.82) is 0 Å². The molecule has 1 saturated heterocycles. The number of hydrogen-bond donors (Lipinski definition) is 5. The average Bonchev–Trinajstić information content (AvgIpc) is 3.20. The predicted molar refractivity (Wildman–Crippen MR) is 110 cm³/mol. The van der Waals surface area contributed by atoms with E-state index in [1.165, 1.54) is 6.07 Å². The first-order valence-electron chi connectivity index (χ1n) is 10.1. The molecule has 2 aromatic carbocycles. The highest BCUT2D eigenvalue weighted by molar-refractivity contribution is 5.81. The van der Waals surface area contributed by atoms with Crippen LogP contribution in [0.25, 0.3) is 11.0 Å². The number of fused-ring (bicyclic) bond motifs is 1. The molecule has 0 radical (unpaired) electrons. The zero-order chi connectivity index (χ0) is 22.9. The highest BCUT2D eigenvalue weighted by atomic mass is 16.7. The van der Waals surface area contributed by atoms with Gasteiger partial charge in [-0.15, -0.1) is 5.10 Å². The van der Waals surface area contributed by atoms with Crippen LogP contribution in [0.4, 0.5) is 0 Å². The number of nitrogens with zero attached hydrogens (tertiary/aromatic N) is 3. The maximum absolute atomic E-state index is 10.9. The van der Waals surface area contributed by atoms with Gasteiger partial charge in [-0.2, -0.15) is 0 Å². The molecule has 1 aliphatic heterocycles. The zero-order valence-corrected chi connectivity index (χ0v) is 17.3. The summed E-state index contributed by atoms with van der Waals surface area (Å²) in [5, 5.41) is 59.1. The van der Waals surface area contributed by atoms with Gasteiger partial charge >= 0.3 is 0 Å². The van der Waals surface area contributed by atoms with E-state index < -0.39 is 37.0 Å². The van der Waals surface area contributed by atoms with E-state index in [0.29, 0.717) is 24.2 Å². The van der Waals surface area contributed by atoms with Crippen LogP contribution < -0.4 is 9.47 Å². The lowest BCUT2D eigenvalue weighted by molar-refractivity contribution is -0.385. The van der Waals surface area contributed by atoms with Crippen LogP contribution in [0.3, 0.4) is 0 Å². The number of ether oxygens (including phenoxy) is 3. The van der Waals surface area contributed by atoms with Crippen molar-refractivity contribution in [2.75, 3.05) is 13.2 Å². The van der Waals surface area contributed by atoms with Gasteiger partial charge in [0.2, 0.25) is 6.29 Å². The van der Waals surface area contributed by atoms with Crippen LogP contribution in [0.2, 0.25) is 0 Å². The first-order chi connectivity index (χ1) is 15.4. The standard InChI is InChI=1S/C21H25N3O8/c1-2-30-13-8-6-12(7-9-13)10-24-17-14(22-23-24)4-3-5-15(17)32-21(29)19(27)18(26)16(11-25)31-20(21)28/h3-9,16,18-20,25-29H,2,10-11H2,1H3/t16-,18-,19+,20-,21+/m1/s1. The second kappa shape index (κ2) is 8.98. The van der Waals surface area contributed by atoms with Crippen LogP contribution in [-0.2, 0) is 11.3 Å². The summed E-state index contributed by atoms with van der Waals surface area (Å²) in [6.07, 6.45) is -6.98. The molecule has 3 aromatic rings. The smallest absolute Gasteiger partial charge is 0.288 e. The average molecular weight is 447 g/mol. The summed E-state index contributed by atoms with van der Waals surface area (Å²) >= 11 is 0. The fourth-order valence-corrected chi connectivity index (χ4v) is 3.60. The van der Waals surface area contributed by atoms with Crippen molar-refractivity contribution in [1.82, 2.24) is 15.0 Å². The van der Waals surface area contributed by atoms with Crippen molar-refractivity contribution in [2.45, 2.75) is 43.9 Å². The summed E-state index contributed by atoms with van der Waals surface area (Å²) in [6.45, 7) is 2.11. The normalized spacial score (nSPS) is 28.1. The Kier molecular flexibility index (Phi) is 6.29. The molecule has 0 bridgehead atoms. The van der Waals surface area contributed by atoms with E-state index in [9.17, 15) is 25.5 Å². The third-order valence-corrected chi connectivity index (χ3v) is 5.30. The van der Waals surface area contributed by atoms with E-state index in [4.69, 9.17) is 14.2 Å². The van der Waals surface area contributed by atoms with Crippen molar-refractivity contribution in [3.8, 4) is 11.5 Å². The van der Waals surface area contributed by atoms with E-state index in [1.54, 1.807) is 16.8 Å². The molecule has 32 heavy (non-hydrogen) atoms. The molecule has 0 amide bonds. The maximum Gasteiger partial charge on any atom is 0.288 e. The first-order valence-corrected chi connectivity index (χ1v) is 10.1. The Hall–Kier alpha value is -2.80. The lowest BCUT2D eigenvalue weighted by atomic mass is 9.96. The Morgan fingerprint density at radius 2 is 1.88 bits per heavy atom. The molecule has 0 spiro atoms. The highest BCUT2D eigenvalue weighted by Crippen LogP contribution is 2.34. The second-order valence-electron chi connectivity index (χ2n) is 7.45. The van der Waals surface area contributed by atoms with Crippen LogP contribution in [-0.4, -0.2) is 84.1 Å². The van der Waals surface area contributed by atoms with Crippen molar-refractivity contribution < 1.29 is 39.7 Å². The predicted octanol–water partition coefficient (Wildman–Crippen LogP) is -0.623. The first kappa shape index (κ1) is 22.4. The summed E-state index contributed by atoms with van der Waals surface area (Å²) in [7, 11) is 0. The van der Waals surface area contributed by atoms with Crippen molar-refractivity contribution in [3.63, 3.8) is 0 Å². The number of para-hydroxylation sites is 1. The Morgan fingerprint density at radius 3 is 2.56 bits per heavy atom. The number of rotatable bonds is 7. The summed E-state index contributed by atoms with van der Waals surface area (Å²) in [5.41, 5.74) is 1.75. The van der Waals surface area contributed by atoms with Gasteiger partial charge in [-0.1, -0.05) is 23.4 Å². The van der Waals surface area contributed by atoms with Gasteiger partial charge in [0.05, 0.1) is 19.8 Å². The summed E-state index contributed by atoms with van der Waals surface area (Å²) in [5.74, 6) is -1.91. The molecule has 0 unspecified atom stereocenters. The van der Waals surface area contributed by atoms with E-state index >= 15 is 0 Å². The Morgan fingerprint density at radius 1 is 1.12 bits per heavy atom. The molecular formula is C21H25N3O8. The lowest BCUT2D eigenvalue weighted by Crippen LogP contribution is -2.69. The number of hydrogen-bond acceptors (Lipinski definition) is 10. The molecule has 11 nitrogen and oxygen atoms in total. The van der Waals surface area contributed by atoms with E-state index in [2.05, 4.69) is 10.3 Å². The van der Waals surface area contributed by atoms with Gasteiger partial charge in [0.25, 0.3) is 5.79 Å². The summed E-state index contributed by atoms with van der Waals surface area (Å²) in [6, 6.07) is 12.2. The van der Waals surface area contributed by atoms with Gasteiger partial charge in [-0.25, -0.2) is 4.68 Å². The monoisotopic (exact) mass is 447 g/mol. The third kappa shape index (κ3) is 4.01. The highest BCUT2D eigenvalue weighted by Gasteiger charge is 2.57. The van der Waals surface area contributed by atoms with Crippen LogP contribution in [0.5, 0.6) is 11.5 Å². The van der Waals surface area contributed by atoms with Crippen LogP contribution in [0.1, 0.15) is 12.5 Å². The van der Waals surface area contributed by atoms with Gasteiger partial charge in [-0.3, -0.25) is 0 Å². The molecule has 1 aliphatic rings. The largest absolute Gasteiger partial charge is 0.494 e. The Bertz CT molecular complexity index is 1060. The van der Waals surface area contributed by atoms with Gasteiger partial charge in [0.1, 0.15) is 29.0 Å². The number of aromatic nitrogens is 3. The molecule has 172 valence electrons. The molecule has 11 heteroatoms. The molecular weight excluding hydrogens is 422 g/mol. The minimum absolute atomic E-state index is 0.0530. The lowest BCUT2D eigenvalue weighted by Gasteiger charge is -2.45. The van der Waals surface area contributed by atoms with Gasteiger partial charge in [0.15, 0.2) is 11.9 Å². The van der Waals surface area contributed by atoms with Crippen molar-refractivity contribution >= 4 is 11.0 Å².